The summed E-state index contributed by atoms with van der Waals surface area (Å²) in [5, 5.41) is 3.15. The number of hydrogen-bond acceptors (Lipinski definition) is 2. The number of ether oxygens (including phenoxy) is 1. The summed E-state index contributed by atoms with van der Waals surface area (Å²) in [6.07, 6.45) is 3.87. The van der Waals surface area contributed by atoms with Crippen LogP contribution < -0.4 is 10.1 Å². The Hall–Kier alpha value is -2.13. The zero-order valence-electron chi connectivity index (χ0n) is 10.7. The zero-order chi connectivity index (χ0) is 13.5. The van der Waals surface area contributed by atoms with E-state index in [4.69, 9.17) is 17.0 Å². The van der Waals surface area contributed by atoms with Crippen molar-refractivity contribution in [3.8, 4) is 5.75 Å². The first-order valence-corrected chi connectivity index (χ1v) is 6.37. The number of rotatable bonds is 4. The standard InChI is InChI=1S/C16H15NOS/c1-18-15-10-8-14(9-11-15)17-16(19)12-7-13-5-3-2-4-6-13/h2-12H,1H3,(H,17,19). The summed E-state index contributed by atoms with van der Waals surface area (Å²) in [5.74, 6) is 0.830. The van der Waals surface area contributed by atoms with Crippen LogP contribution in [0, 0.1) is 0 Å². The van der Waals surface area contributed by atoms with Gasteiger partial charge in [-0.25, -0.2) is 0 Å². The summed E-state index contributed by atoms with van der Waals surface area (Å²) >= 11 is 5.27. The van der Waals surface area contributed by atoms with E-state index < -0.39 is 0 Å². The van der Waals surface area contributed by atoms with Crippen molar-refractivity contribution in [2.75, 3.05) is 12.4 Å². The zero-order valence-corrected chi connectivity index (χ0v) is 11.5. The lowest BCUT2D eigenvalue weighted by Gasteiger charge is -2.05. The summed E-state index contributed by atoms with van der Waals surface area (Å²) in [6.45, 7) is 0. The molecule has 0 fully saturated rings. The molecule has 0 heterocycles. The predicted molar refractivity (Wildman–Crippen MR) is 84.7 cm³/mol. The van der Waals surface area contributed by atoms with Gasteiger partial charge in [0.15, 0.2) is 0 Å². The Morgan fingerprint density at radius 3 is 2.37 bits per heavy atom. The number of hydrogen-bond donors (Lipinski definition) is 1. The Morgan fingerprint density at radius 2 is 1.74 bits per heavy atom. The summed E-state index contributed by atoms with van der Waals surface area (Å²) in [7, 11) is 1.65. The first-order valence-electron chi connectivity index (χ1n) is 5.96. The Morgan fingerprint density at radius 1 is 1.05 bits per heavy atom. The summed E-state index contributed by atoms with van der Waals surface area (Å²) in [5.41, 5.74) is 2.07. The van der Waals surface area contributed by atoms with E-state index in [-0.39, 0.29) is 0 Å². The van der Waals surface area contributed by atoms with Crippen LogP contribution in [-0.2, 0) is 0 Å². The van der Waals surface area contributed by atoms with Gasteiger partial charge in [-0.1, -0.05) is 48.6 Å². The second-order valence-corrected chi connectivity index (χ2v) is 4.40. The molecule has 2 aromatic rings. The molecular weight excluding hydrogens is 254 g/mol. The average molecular weight is 269 g/mol. The molecule has 19 heavy (non-hydrogen) atoms. The van der Waals surface area contributed by atoms with Crippen LogP contribution in [0.4, 0.5) is 5.69 Å². The molecule has 0 aliphatic carbocycles. The third-order valence-corrected chi connectivity index (χ3v) is 2.82. The minimum absolute atomic E-state index is 0.675. The molecule has 2 nitrogen and oxygen atoms in total. The maximum absolute atomic E-state index is 5.27. The van der Waals surface area contributed by atoms with E-state index in [1.807, 2.05) is 66.7 Å². The van der Waals surface area contributed by atoms with Crippen molar-refractivity contribution in [2.24, 2.45) is 0 Å². The SMILES string of the molecule is COc1ccc(NC(=S)C=Cc2ccccc2)cc1. The molecule has 0 spiro atoms. The summed E-state index contributed by atoms with van der Waals surface area (Å²) < 4.78 is 5.10. The number of benzene rings is 2. The molecule has 0 aromatic heterocycles. The van der Waals surface area contributed by atoms with Gasteiger partial charge in [0.1, 0.15) is 10.7 Å². The molecular formula is C16H15NOS. The van der Waals surface area contributed by atoms with E-state index in [9.17, 15) is 0 Å². The minimum atomic E-state index is 0.675. The number of anilines is 1. The van der Waals surface area contributed by atoms with Crippen LogP contribution in [-0.4, -0.2) is 12.1 Å². The van der Waals surface area contributed by atoms with Gasteiger partial charge in [-0.2, -0.15) is 0 Å². The van der Waals surface area contributed by atoms with Crippen molar-refractivity contribution in [3.05, 3.63) is 66.2 Å². The van der Waals surface area contributed by atoms with Crippen LogP contribution in [0.5, 0.6) is 5.75 Å². The van der Waals surface area contributed by atoms with Crippen LogP contribution in [0.15, 0.2) is 60.7 Å². The van der Waals surface area contributed by atoms with Gasteiger partial charge in [-0.15, -0.1) is 0 Å². The molecule has 96 valence electrons. The second-order valence-electron chi connectivity index (χ2n) is 3.96. The first kappa shape index (κ1) is 13.3. The van der Waals surface area contributed by atoms with Crippen LogP contribution in [0.2, 0.25) is 0 Å². The first-order chi connectivity index (χ1) is 9.28. The Kier molecular flexibility index (Phi) is 4.70. The molecule has 0 unspecified atom stereocenters. The van der Waals surface area contributed by atoms with Crippen molar-refractivity contribution in [1.29, 1.82) is 0 Å². The Labute approximate surface area is 118 Å². The minimum Gasteiger partial charge on any atom is -0.497 e. The fourth-order valence-corrected chi connectivity index (χ4v) is 1.78. The topological polar surface area (TPSA) is 21.3 Å². The van der Waals surface area contributed by atoms with Crippen molar-refractivity contribution < 1.29 is 4.74 Å². The molecule has 2 rings (SSSR count). The molecule has 0 aliphatic rings. The van der Waals surface area contributed by atoms with E-state index in [1.54, 1.807) is 7.11 Å². The smallest absolute Gasteiger partial charge is 0.119 e. The van der Waals surface area contributed by atoms with Crippen molar-refractivity contribution >= 4 is 29.0 Å². The van der Waals surface area contributed by atoms with Gasteiger partial charge in [-0.05, 0) is 35.9 Å². The van der Waals surface area contributed by atoms with Crippen LogP contribution >= 0.6 is 12.2 Å². The van der Waals surface area contributed by atoms with Crippen molar-refractivity contribution in [2.45, 2.75) is 0 Å². The van der Waals surface area contributed by atoms with Crippen LogP contribution in [0.3, 0.4) is 0 Å². The second kappa shape index (κ2) is 6.71. The average Bonchev–Trinajstić information content (AvgIpc) is 2.47. The van der Waals surface area contributed by atoms with Gasteiger partial charge in [0.05, 0.1) is 7.11 Å². The predicted octanol–water partition coefficient (Wildman–Crippen LogP) is 4.15. The lowest BCUT2D eigenvalue weighted by molar-refractivity contribution is 0.415. The molecule has 0 radical (unpaired) electrons. The van der Waals surface area contributed by atoms with Gasteiger partial charge in [0.2, 0.25) is 0 Å². The normalized spacial score (nSPS) is 10.4. The van der Waals surface area contributed by atoms with Gasteiger partial charge in [-0.3, -0.25) is 0 Å². The third-order valence-electron chi connectivity index (χ3n) is 2.58. The highest BCUT2D eigenvalue weighted by Crippen LogP contribution is 2.15. The van der Waals surface area contributed by atoms with Crippen molar-refractivity contribution in [1.82, 2.24) is 0 Å². The Balaban J connectivity index is 1.95. The highest BCUT2D eigenvalue weighted by atomic mass is 32.1. The van der Waals surface area contributed by atoms with E-state index in [0.29, 0.717) is 4.99 Å². The van der Waals surface area contributed by atoms with Gasteiger partial charge < -0.3 is 10.1 Å². The molecule has 0 amide bonds. The molecule has 0 atom stereocenters. The van der Waals surface area contributed by atoms with E-state index in [1.165, 1.54) is 0 Å². The highest BCUT2D eigenvalue weighted by molar-refractivity contribution is 7.81. The molecule has 0 aliphatic heterocycles. The number of thiocarbonyl (C=S) groups is 1. The molecule has 2 aromatic carbocycles. The Bertz CT molecular complexity index is 561. The van der Waals surface area contributed by atoms with E-state index in [0.717, 1.165) is 17.0 Å². The van der Waals surface area contributed by atoms with Crippen molar-refractivity contribution in [3.63, 3.8) is 0 Å². The molecule has 0 saturated carbocycles. The molecule has 0 bridgehead atoms. The van der Waals surface area contributed by atoms with Gasteiger partial charge in [0.25, 0.3) is 0 Å². The van der Waals surface area contributed by atoms with Gasteiger partial charge >= 0.3 is 0 Å². The van der Waals surface area contributed by atoms with Crippen LogP contribution in [0.25, 0.3) is 6.08 Å². The van der Waals surface area contributed by atoms with Gasteiger partial charge in [0, 0.05) is 5.69 Å². The molecule has 0 saturated heterocycles. The fourth-order valence-electron chi connectivity index (χ4n) is 1.59. The summed E-state index contributed by atoms with van der Waals surface area (Å²) in [4.78, 5) is 0.675. The quantitative estimate of drug-likeness (QED) is 0.665. The van der Waals surface area contributed by atoms with Crippen LogP contribution in [0.1, 0.15) is 5.56 Å². The highest BCUT2D eigenvalue weighted by Gasteiger charge is 1.95. The fraction of sp³-hybridized carbons (Fsp3) is 0.0625. The molecule has 3 heteroatoms. The lowest BCUT2D eigenvalue weighted by atomic mass is 10.2. The maximum Gasteiger partial charge on any atom is 0.119 e. The monoisotopic (exact) mass is 269 g/mol. The number of methoxy groups -OCH3 is 1. The third kappa shape index (κ3) is 4.23. The largest absolute Gasteiger partial charge is 0.497 e. The lowest BCUT2D eigenvalue weighted by Crippen LogP contribution is -2.04. The molecule has 1 N–H and O–H groups in total. The van der Waals surface area contributed by atoms with E-state index >= 15 is 0 Å². The van der Waals surface area contributed by atoms with E-state index in [2.05, 4.69) is 5.32 Å². The summed E-state index contributed by atoms with van der Waals surface area (Å²) in [6, 6.07) is 17.7. The number of nitrogens with one attached hydrogen (secondary N) is 1. The maximum atomic E-state index is 5.27.